The third-order valence-corrected chi connectivity index (χ3v) is 4.25. The first-order valence-corrected chi connectivity index (χ1v) is 7.30. The van der Waals surface area contributed by atoms with Crippen molar-refractivity contribution in [2.45, 2.75) is 19.8 Å². The van der Waals surface area contributed by atoms with Gasteiger partial charge in [-0.3, -0.25) is 4.79 Å². The van der Waals surface area contributed by atoms with E-state index in [0.29, 0.717) is 5.92 Å². The van der Waals surface area contributed by atoms with Crippen LogP contribution in [-0.4, -0.2) is 18.0 Å². The summed E-state index contributed by atoms with van der Waals surface area (Å²) in [7, 11) is 1.68. The Hall–Kier alpha value is -1.48. The molecule has 3 heteroatoms. The minimum absolute atomic E-state index is 0.178. The lowest BCUT2D eigenvalue weighted by molar-refractivity contribution is -0.109. The van der Waals surface area contributed by atoms with Gasteiger partial charge in [0.25, 0.3) is 0 Å². The minimum Gasteiger partial charge on any atom is -0.497 e. The van der Waals surface area contributed by atoms with Gasteiger partial charge < -0.3 is 4.74 Å². The summed E-state index contributed by atoms with van der Waals surface area (Å²) in [6, 6.07) is 12.5. The van der Waals surface area contributed by atoms with E-state index in [0.717, 1.165) is 11.5 Å². The predicted molar refractivity (Wildman–Crippen MR) is 82.1 cm³/mol. The third-order valence-electron chi connectivity index (χ3n) is 3.18. The highest BCUT2D eigenvalue weighted by Crippen LogP contribution is 2.26. The topological polar surface area (TPSA) is 26.3 Å². The Labute approximate surface area is 118 Å². The maximum atomic E-state index is 11.0. The molecule has 19 heavy (non-hydrogen) atoms. The fraction of sp³-hybridized carbons (Fsp3) is 0.312. The summed E-state index contributed by atoms with van der Waals surface area (Å²) in [5.41, 5.74) is 1.27. The fourth-order valence-electron chi connectivity index (χ4n) is 2.01. The van der Waals surface area contributed by atoms with Gasteiger partial charge in [0.15, 0.2) is 5.12 Å². The summed E-state index contributed by atoms with van der Waals surface area (Å²) in [6.07, 6.45) is 0. The number of carbonyl (C=O) groups excluding carboxylic acids is 1. The summed E-state index contributed by atoms with van der Waals surface area (Å²) in [4.78, 5) is 11.0. The van der Waals surface area contributed by atoms with Crippen LogP contribution in [0.3, 0.4) is 0 Å². The number of carbonyl (C=O) groups is 1. The Kier molecular flexibility index (Phi) is 4.48. The Morgan fingerprint density at radius 1 is 1.21 bits per heavy atom. The Balaban J connectivity index is 2.23. The summed E-state index contributed by atoms with van der Waals surface area (Å²) in [5, 5.41) is 2.56. The second-order valence-corrected chi connectivity index (χ2v) is 5.87. The normalized spacial score (nSPS) is 12.4. The molecule has 0 fully saturated rings. The lowest BCUT2D eigenvalue weighted by Crippen LogP contribution is -1.99. The number of ether oxygens (including phenoxy) is 1. The molecule has 0 aliphatic heterocycles. The van der Waals surface area contributed by atoms with Gasteiger partial charge in [0.1, 0.15) is 5.75 Å². The maximum Gasteiger partial charge on any atom is 0.185 e. The van der Waals surface area contributed by atoms with Gasteiger partial charge in [0.2, 0.25) is 0 Å². The van der Waals surface area contributed by atoms with Gasteiger partial charge in [-0.1, -0.05) is 43.0 Å². The van der Waals surface area contributed by atoms with E-state index in [4.69, 9.17) is 4.74 Å². The van der Waals surface area contributed by atoms with Crippen molar-refractivity contribution in [3.8, 4) is 5.75 Å². The fourth-order valence-corrected chi connectivity index (χ4v) is 2.69. The number of methoxy groups -OCH3 is 1. The third kappa shape index (κ3) is 3.51. The van der Waals surface area contributed by atoms with Gasteiger partial charge in [-0.2, -0.15) is 0 Å². The Morgan fingerprint density at radius 3 is 2.58 bits per heavy atom. The van der Waals surface area contributed by atoms with Gasteiger partial charge >= 0.3 is 0 Å². The van der Waals surface area contributed by atoms with Gasteiger partial charge in [-0.15, -0.1) is 0 Å². The van der Waals surface area contributed by atoms with Crippen molar-refractivity contribution in [1.82, 2.24) is 0 Å². The zero-order chi connectivity index (χ0) is 13.8. The number of hydrogen-bond donors (Lipinski definition) is 0. The minimum atomic E-state index is 0.178. The number of thioether (sulfide) groups is 1. The zero-order valence-corrected chi connectivity index (χ0v) is 12.3. The van der Waals surface area contributed by atoms with Crippen molar-refractivity contribution in [3.63, 3.8) is 0 Å². The molecule has 100 valence electrons. The SMILES string of the molecule is COc1ccc2cc(C(C)CSC(C)=O)ccc2c1. The standard InChI is InChI=1S/C16H18O2S/c1-11(10-19-12(2)17)13-4-5-15-9-16(18-3)7-6-14(15)8-13/h4-9,11H,10H2,1-3H3. The van der Waals surface area contributed by atoms with Gasteiger partial charge in [-0.05, 0) is 34.4 Å². The van der Waals surface area contributed by atoms with Crippen LogP contribution in [0.5, 0.6) is 5.75 Å². The van der Waals surface area contributed by atoms with Crippen molar-refractivity contribution in [2.24, 2.45) is 0 Å². The van der Waals surface area contributed by atoms with E-state index in [1.807, 2.05) is 12.1 Å². The van der Waals surface area contributed by atoms with Crippen molar-refractivity contribution < 1.29 is 9.53 Å². The Morgan fingerprint density at radius 2 is 1.89 bits per heavy atom. The van der Waals surface area contributed by atoms with E-state index < -0.39 is 0 Å². The molecule has 0 saturated heterocycles. The van der Waals surface area contributed by atoms with E-state index >= 15 is 0 Å². The molecule has 0 saturated carbocycles. The molecule has 2 aromatic rings. The van der Waals surface area contributed by atoms with E-state index in [-0.39, 0.29) is 5.12 Å². The van der Waals surface area contributed by atoms with Crippen molar-refractivity contribution in [2.75, 3.05) is 12.9 Å². The van der Waals surface area contributed by atoms with E-state index in [1.165, 1.54) is 28.1 Å². The van der Waals surface area contributed by atoms with E-state index in [2.05, 4.69) is 31.2 Å². The molecular weight excluding hydrogens is 256 g/mol. The van der Waals surface area contributed by atoms with Crippen LogP contribution in [0.2, 0.25) is 0 Å². The summed E-state index contributed by atoms with van der Waals surface area (Å²) < 4.78 is 5.22. The van der Waals surface area contributed by atoms with Crippen LogP contribution in [0, 0.1) is 0 Å². The number of fused-ring (bicyclic) bond motifs is 1. The smallest absolute Gasteiger partial charge is 0.185 e. The first-order chi connectivity index (χ1) is 9.10. The molecule has 0 heterocycles. The lowest BCUT2D eigenvalue weighted by Gasteiger charge is -2.12. The average molecular weight is 274 g/mol. The van der Waals surface area contributed by atoms with Crippen molar-refractivity contribution >= 4 is 27.6 Å². The molecule has 2 aromatic carbocycles. The molecule has 1 atom stereocenters. The molecule has 2 nitrogen and oxygen atoms in total. The zero-order valence-electron chi connectivity index (χ0n) is 11.5. The highest BCUT2D eigenvalue weighted by atomic mass is 32.2. The molecule has 0 radical (unpaired) electrons. The Bertz CT molecular complexity index is 592. The van der Waals surface area contributed by atoms with E-state index in [9.17, 15) is 4.79 Å². The summed E-state index contributed by atoms with van der Waals surface area (Å²) in [6.45, 7) is 3.77. The van der Waals surface area contributed by atoms with Gasteiger partial charge in [0.05, 0.1) is 7.11 Å². The van der Waals surface area contributed by atoms with Crippen molar-refractivity contribution in [1.29, 1.82) is 0 Å². The van der Waals surface area contributed by atoms with Crippen LogP contribution in [-0.2, 0) is 4.79 Å². The molecular formula is C16H18O2S. The van der Waals surface area contributed by atoms with Crippen LogP contribution in [0.15, 0.2) is 36.4 Å². The first kappa shape index (κ1) is 13.9. The van der Waals surface area contributed by atoms with Crippen LogP contribution in [0.4, 0.5) is 0 Å². The largest absolute Gasteiger partial charge is 0.497 e. The van der Waals surface area contributed by atoms with E-state index in [1.54, 1.807) is 14.0 Å². The molecule has 1 unspecified atom stereocenters. The first-order valence-electron chi connectivity index (χ1n) is 6.31. The van der Waals surface area contributed by atoms with Crippen molar-refractivity contribution in [3.05, 3.63) is 42.0 Å². The molecule has 0 bridgehead atoms. The van der Waals surface area contributed by atoms with Crippen LogP contribution in [0.1, 0.15) is 25.3 Å². The highest BCUT2D eigenvalue weighted by Gasteiger charge is 2.08. The van der Waals surface area contributed by atoms with Gasteiger partial charge in [0, 0.05) is 12.7 Å². The molecule has 2 rings (SSSR count). The average Bonchev–Trinajstić information content (AvgIpc) is 2.43. The van der Waals surface area contributed by atoms with Crippen LogP contribution in [0.25, 0.3) is 10.8 Å². The van der Waals surface area contributed by atoms with Crippen LogP contribution < -0.4 is 4.74 Å². The van der Waals surface area contributed by atoms with Crippen LogP contribution >= 0.6 is 11.8 Å². The molecule has 0 aliphatic rings. The molecule has 0 aromatic heterocycles. The predicted octanol–water partition coefficient (Wildman–Crippen LogP) is 4.23. The monoisotopic (exact) mass is 274 g/mol. The summed E-state index contributed by atoms with van der Waals surface area (Å²) >= 11 is 1.39. The quantitative estimate of drug-likeness (QED) is 0.834. The molecule has 0 amide bonds. The highest BCUT2D eigenvalue weighted by molar-refractivity contribution is 8.13. The maximum absolute atomic E-state index is 11.0. The van der Waals surface area contributed by atoms with Gasteiger partial charge in [-0.25, -0.2) is 0 Å². The molecule has 0 N–H and O–H groups in total. The number of benzene rings is 2. The molecule has 0 aliphatic carbocycles. The second kappa shape index (κ2) is 6.11. The number of hydrogen-bond acceptors (Lipinski definition) is 3. The lowest BCUT2D eigenvalue weighted by atomic mass is 9.99. The summed E-state index contributed by atoms with van der Waals surface area (Å²) in [5.74, 6) is 2.08. The number of rotatable bonds is 4. The second-order valence-electron chi connectivity index (χ2n) is 4.68. The molecule has 0 spiro atoms.